The van der Waals surface area contributed by atoms with Gasteiger partial charge < -0.3 is 5.02 Å². The molecule has 0 aromatic heterocycles. The van der Waals surface area contributed by atoms with E-state index in [1.807, 2.05) is 6.92 Å². The van der Waals surface area contributed by atoms with Crippen LogP contribution in [0.15, 0.2) is 0 Å². The average Bonchev–Trinajstić information content (AvgIpc) is 1.38. The van der Waals surface area contributed by atoms with Gasteiger partial charge in [0.15, 0.2) is 0 Å². The monoisotopic (exact) mass is 90.0 g/mol. The van der Waals surface area contributed by atoms with Crippen LogP contribution in [-0.2, 0) is 0 Å². The highest BCUT2D eigenvalue weighted by molar-refractivity contribution is 7.82. The van der Waals surface area contributed by atoms with Gasteiger partial charge in [-0.1, -0.05) is 6.92 Å². The summed E-state index contributed by atoms with van der Waals surface area (Å²) in [6.45, 7) is 1.84. The minimum Gasteiger partial charge on any atom is -0.453 e. The van der Waals surface area contributed by atoms with Crippen LogP contribution in [0.2, 0.25) is 0 Å². The number of hydrogen-bond donors (Lipinski definition) is 2. The molecule has 1 nitrogen and oxygen atoms in total. The summed E-state index contributed by atoms with van der Waals surface area (Å²) in [5, 5.41) is 8.20. The molecule has 0 aliphatic heterocycles. The van der Waals surface area contributed by atoms with Crippen molar-refractivity contribution in [2.24, 2.45) is 0 Å². The third-order valence-corrected chi connectivity index (χ3v) is 0.428. The van der Waals surface area contributed by atoms with Gasteiger partial charge in [0.05, 0.1) is 0 Å². The fourth-order valence-electron chi connectivity index (χ4n) is 0. The van der Waals surface area contributed by atoms with Gasteiger partial charge in [0.1, 0.15) is 0 Å². The second kappa shape index (κ2) is 2.60. The number of thiol groups is 1. The Kier molecular flexibility index (Phi) is 2.80. The van der Waals surface area contributed by atoms with Crippen molar-refractivity contribution in [1.29, 1.82) is 0 Å². The van der Waals surface area contributed by atoms with E-state index in [2.05, 4.69) is 12.6 Å². The van der Waals surface area contributed by atoms with Gasteiger partial charge >= 0.3 is 0 Å². The second-order valence-corrected chi connectivity index (χ2v) is 1.91. The molecule has 0 spiro atoms. The lowest BCUT2D eigenvalue weighted by Crippen LogP contribution is -2.01. The second-order valence-electron chi connectivity index (χ2n) is 1.03. The number of hydrogen-bond acceptors (Lipinski definition) is 2. The van der Waals surface area contributed by atoms with Crippen molar-refractivity contribution < 1.29 is 5.02 Å². The first-order valence-corrected chi connectivity index (χ1v) is 2.08. The zero-order valence-corrected chi connectivity index (χ0v) is 4.07. The molecule has 3 heteroatoms. The van der Waals surface area contributed by atoms with E-state index in [-0.39, 0.29) is 12.6 Å². The molecule has 5 heavy (non-hydrogen) atoms. The van der Waals surface area contributed by atoms with Gasteiger partial charge in [0, 0.05) is 5.15 Å². The normalized spacial score (nSPS) is 14.2. The standard InChI is InChI=1S/C2H7BOS/c1-2(5)3-4/h2-5H,1H3. The highest BCUT2D eigenvalue weighted by Gasteiger charge is 1.87. The first-order chi connectivity index (χ1) is 2.27. The van der Waals surface area contributed by atoms with Crippen LogP contribution in [-0.4, -0.2) is 17.7 Å². The van der Waals surface area contributed by atoms with Gasteiger partial charge in [-0.2, -0.15) is 12.6 Å². The summed E-state index contributed by atoms with van der Waals surface area (Å²) in [4.78, 5) is 0. The van der Waals surface area contributed by atoms with Gasteiger partial charge in [-0.25, -0.2) is 0 Å². The van der Waals surface area contributed by atoms with Crippen LogP contribution < -0.4 is 0 Å². The van der Waals surface area contributed by atoms with Crippen molar-refractivity contribution in [3.05, 3.63) is 0 Å². The van der Waals surface area contributed by atoms with Crippen LogP contribution in [0.25, 0.3) is 0 Å². The highest BCUT2D eigenvalue weighted by Crippen LogP contribution is 1.82. The molecule has 0 amide bonds. The van der Waals surface area contributed by atoms with Crippen LogP contribution in [0.3, 0.4) is 0 Å². The van der Waals surface area contributed by atoms with E-state index < -0.39 is 0 Å². The summed E-state index contributed by atoms with van der Waals surface area (Å²) in [6, 6.07) is 0. The molecule has 0 saturated carbocycles. The van der Waals surface area contributed by atoms with Crippen LogP contribution >= 0.6 is 12.6 Å². The van der Waals surface area contributed by atoms with Crippen molar-refractivity contribution in [2.45, 2.75) is 12.1 Å². The molecule has 0 saturated heterocycles. The van der Waals surface area contributed by atoms with E-state index in [9.17, 15) is 0 Å². The van der Waals surface area contributed by atoms with Gasteiger partial charge in [0.2, 0.25) is 0 Å². The SMILES string of the molecule is CC(S)BO. The van der Waals surface area contributed by atoms with Gasteiger partial charge in [0.25, 0.3) is 7.48 Å². The van der Waals surface area contributed by atoms with E-state index in [0.29, 0.717) is 0 Å². The Hall–Kier alpha value is 0.375. The Balaban J connectivity index is 2.54. The van der Waals surface area contributed by atoms with Crippen LogP contribution in [0.5, 0.6) is 0 Å². The van der Waals surface area contributed by atoms with Gasteiger partial charge in [-0.05, 0) is 0 Å². The van der Waals surface area contributed by atoms with Crippen molar-refractivity contribution in [2.75, 3.05) is 0 Å². The van der Waals surface area contributed by atoms with Gasteiger partial charge in [-0.15, -0.1) is 0 Å². The molecule has 1 N–H and O–H groups in total. The fraction of sp³-hybridized carbons (Fsp3) is 1.00. The molecule has 30 valence electrons. The first-order valence-electron chi connectivity index (χ1n) is 1.56. The van der Waals surface area contributed by atoms with Crippen LogP contribution in [0, 0.1) is 0 Å². The summed E-state index contributed by atoms with van der Waals surface area (Å²) in [5.41, 5.74) is 0. The van der Waals surface area contributed by atoms with E-state index in [1.54, 1.807) is 0 Å². The fourth-order valence-corrected chi connectivity index (χ4v) is 0. The average molecular weight is 90.0 g/mol. The Morgan fingerprint density at radius 1 is 2.00 bits per heavy atom. The van der Waals surface area contributed by atoms with Crippen molar-refractivity contribution in [3.8, 4) is 0 Å². The summed E-state index contributed by atoms with van der Waals surface area (Å²) in [5.74, 6) is 0. The maximum atomic E-state index is 8.07. The summed E-state index contributed by atoms with van der Waals surface area (Å²) < 4.78 is 0. The maximum absolute atomic E-state index is 8.07. The Morgan fingerprint density at radius 3 is 2.20 bits per heavy atom. The van der Waals surface area contributed by atoms with Crippen molar-refractivity contribution >= 4 is 20.1 Å². The Labute approximate surface area is 38.1 Å². The van der Waals surface area contributed by atoms with E-state index in [1.165, 1.54) is 0 Å². The smallest absolute Gasteiger partial charge is 0.283 e. The van der Waals surface area contributed by atoms with E-state index in [0.717, 1.165) is 0 Å². The van der Waals surface area contributed by atoms with E-state index in [4.69, 9.17) is 5.02 Å². The molecule has 0 aromatic rings. The minimum absolute atomic E-state index is 0.134. The topological polar surface area (TPSA) is 20.2 Å². The lowest BCUT2D eigenvalue weighted by atomic mass is 9.98. The predicted molar refractivity (Wildman–Crippen MR) is 27.8 cm³/mol. The molecular formula is C2H7BOS. The predicted octanol–water partition coefficient (Wildman–Crippen LogP) is -0.394. The van der Waals surface area contributed by atoms with Crippen LogP contribution in [0.4, 0.5) is 0 Å². The Bertz CT molecular complexity index is 23.6. The summed E-state index contributed by atoms with van der Waals surface area (Å²) >= 11 is 3.85. The third kappa shape index (κ3) is 4.37. The molecule has 0 heterocycles. The molecule has 0 aliphatic carbocycles. The van der Waals surface area contributed by atoms with Gasteiger partial charge in [-0.3, -0.25) is 0 Å². The highest BCUT2D eigenvalue weighted by atomic mass is 32.1. The lowest BCUT2D eigenvalue weighted by Gasteiger charge is -1.85. The quantitative estimate of drug-likeness (QED) is 0.331. The molecule has 1 atom stereocenters. The zero-order valence-electron chi connectivity index (χ0n) is 3.18. The molecule has 0 aliphatic rings. The molecular weight excluding hydrogens is 82.9 g/mol. The largest absolute Gasteiger partial charge is 0.453 e. The summed E-state index contributed by atoms with van der Waals surface area (Å²) in [7, 11) is 0.170. The summed E-state index contributed by atoms with van der Waals surface area (Å²) in [6.07, 6.45) is 0. The van der Waals surface area contributed by atoms with Crippen molar-refractivity contribution in [3.63, 3.8) is 0 Å². The first kappa shape index (κ1) is 5.37. The number of rotatable bonds is 1. The van der Waals surface area contributed by atoms with Crippen LogP contribution in [0.1, 0.15) is 6.92 Å². The zero-order chi connectivity index (χ0) is 4.28. The molecule has 0 radical (unpaired) electrons. The molecule has 0 rings (SSSR count). The molecule has 0 fully saturated rings. The molecule has 0 aromatic carbocycles. The molecule has 0 bridgehead atoms. The lowest BCUT2D eigenvalue weighted by molar-refractivity contribution is 0.600. The Morgan fingerprint density at radius 2 is 2.20 bits per heavy atom. The minimum atomic E-state index is 0.134. The van der Waals surface area contributed by atoms with Crippen molar-refractivity contribution in [1.82, 2.24) is 0 Å². The molecule has 1 unspecified atom stereocenters. The third-order valence-electron chi connectivity index (χ3n) is 0.264. The maximum Gasteiger partial charge on any atom is 0.283 e. The van der Waals surface area contributed by atoms with E-state index >= 15 is 0 Å².